The van der Waals surface area contributed by atoms with Crippen LogP contribution in [0, 0.1) is 0 Å². The number of nitrogens with zero attached hydrogens (tertiary/aromatic N) is 2. The molecule has 4 rings (SSSR count). The van der Waals surface area contributed by atoms with E-state index in [2.05, 4.69) is 15.5 Å². The maximum atomic E-state index is 12.2. The maximum Gasteiger partial charge on any atom is 0.284 e. The highest BCUT2D eigenvalue weighted by Gasteiger charge is 2.27. The second-order valence-corrected chi connectivity index (χ2v) is 5.58. The van der Waals surface area contributed by atoms with Gasteiger partial charge in [-0.3, -0.25) is 9.78 Å². The molecule has 0 bridgehead atoms. The predicted octanol–water partition coefficient (Wildman–Crippen LogP) is 2.52. The second-order valence-electron chi connectivity index (χ2n) is 5.58. The molecule has 1 aliphatic rings. The van der Waals surface area contributed by atoms with E-state index in [-0.39, 0.29) is 12.5 Å². The van der Waals surface area contributed by atoms with Crippen molar-refractivity contribution in [3.05, 3.63) is 66.5 Å². The van der Waals surface area contributed by atoms with Crippen LogP contribution >= 0.6 is 0 Å². The number of aromatic nitrogens is 1. The average Bonchev–Trinajstić information content (AvgIpc) is 2.66. The highest BCUT2D eigenvalue weighted by Crippen LogP contribution is 2.35. The molecular formula is C19H15N3O3. The summed E-state index contributed by atoms with van der Waals surface area (Å²) in [5, 5.41) is 6.01. The molecule has 0 saturated heterocycles. The van der Waals surface area contributed by atoms with Gasteiger partial charge in [0, 0.05) is 18.0 Å². The Bertz CT molecular complexity index is 941. The molecule has 0 spiro atoms. The SMILES string of the molecule is O=C(N/N=C\c1cccnc1)[C@H]1COc2cc3ccccc3cc2O1. The van der Waals surface area contributed by atoms with Crippen molar-refractivity contribution in [2.75, 3.05) is 6.61 Å². The van der Waals surface area contributed by atoms with Gasteiger partial charge in [-0.05, 0) is 29.0 Å². The van der Waals surface area contributed by atoms with E-state index in [1.54, 1.807) is 18.5 Å². The van der Waals surface area contributed by atoms with Crippen molar-refractivity contribution in [2.24, 2.45) is 5.10 Å². The first kappa shape index (κ1) is 15.1. The summed E-state index contributed by atoms with van der Waals surface area (Å²) in [6.07, 6.45) is 4.09. The zero-order chi connectivity index (χ0) is 17.1. The Morgan fingerprint density at radius 1 is 1.16 bits per heavy atom. The smallest absolute Gasteiger partial charge is 0.284 e. The number of carbonyl (C=O) groups is 1. The molecule has 6 heteroatoms. The third-order valence-corrected chi connectivity index (χ3v) is 3.84. The first-order valence-corrected chi connectivity index (χ1v) is 7.85. The van der Waals surface area contributed by atoms with E-state index in [1.807, 2.05) is 42.5 Å². The van der Waals surface area contributed by atoms with Crippen molar-refractivity contribution in [1.29, 1.82) is 0 Å². The quantitative estimate of drug-likeness (QED) is 0.590. The number of carbonyl (C=O) groups excluding carboxylic acids is 1. The topological polar surface area (TPSA) is 72.8 Å². The lowest BCUT2D eigenvalue weighted by Crippen LogP contribution is -2.42. The molecule has 1 N–H and O–H groups in total. The highest BCUT2D eigenvalue weighted by atomic mass is 16.6. The van der Waals surface area contributed by atoms with Gasteiger partial charge in [0.25, 0.3) is 5.91 Å². The Labute approximate surface area is 144 Å². The molecule has 0 fully saturated rings. The number of fused-ring (bicyclic) bond motifs is 2. The van der Waals surface area contributed by atoms with Gasteiger partial charge in [0.2, 0.25) is 6.10 Å². The Kier molecular flexibility index (Phi) is 4.00. The molecule has 124 valence electrons. The van der Waals surface area contributed by atoms with Crippen molar-refractivity contribution >= 4 is 22.9 Å². The number of ether oxygens (including phenoxy) is 2. The van der Waals surface area contributed by atoms with Gasteiger partial charge in [-0.15, -0.1) is 0 Å². The van der Waals surface area contributed by atoms with Crippen LogP contribution in [0.4, 0.5) is 0 Å². The van der Waals surface area contributed by atoms with Gasteiger partial charge in [0.05, 0.1) is 6.21 Å². The fourth-order valence-electron chi connectivity index (χ4n) is 2.58. The van der Waals surface area contributed by atoms with Crippen LogP contribution in [0.25, 0.3) is 10.8 Å². The molecule has 3 aromatic rings. The summed E-state index contributed by atoms with van der Waals surface area (Å²) in [5.74, 6) is 0.835. The minimum atomic E-state index is -0.750. The van der Waals surface area contributed by atoms with E-state index in [0.29, 0.717) is 11.5 Å². The molecule has 0 saturated carbocycles. The Morgan fingerprint density at radius 2 is 1.96 bits per heavy atom. The van der Waals surface area contributed by atoms with Crippen LogP contribution in [0.2, 0.25) is 0 Å². The molecule has 1 atom stereocenters. The molecule has 1 aliphatic heterocycles. The van der Waals surface area contributed by atoms with Gasteiger partial charge in [-0.2, -0.15) is 5.10 Å². The Balaban J connectivity index is 1.45. The number of hydrogen-bond donors (Lipinski definition) is 1. The van der Waals surface area contributed by atoms with Crippen LogP contribution in [0.5, 0.6) is 11.5 Å². The van der Waals surface area contributed by atoms with Crippen molar-refractivity contribution in [2.45, 2.75) is 6.10 Å². The normalized spacial score (nSPS) is 16.1. The van der Waals surface area contributed by atoms with E-state index in [1.165, 1.54) is 6.21 Å². The minimum absolute atomic E-state index is 0.138. The van der Waals surface area contributed by atoms with E-state index >= 15 is 0 Å². The van der Waals surface area contributed by atoms with Crippen LogP contribution in [-0.4, -0.2) is 29.8 Å². The lowest BCUT2D eigenvalue weighted by atomic mass is 10.1. The van der Waals surface area contributed by atoms with E-state index in [4.69, 9.17) is 9.47 Å². The van der Waals surface area contributed by atoms with Gasteiger partial charge in [-0.25, -0.2) is 5.43 Å². The predicted molar refractivity (Wildman–Crippen MR) is 93.8 cm³/mol. The van der Waals surface area contributed by atoms with Crippen LogP contribution in [0.1, 0.15) is 5.56 Å². The molecule has 0 radical (unpaired) electrons. The lowest BCUT2D eigenvalue weighted by molar-refractivity contribution is -0.130. The molecular weight excluding hydrogens is 318 g/mol. The molecule has 1 aromatic heterocycles. The Hall–Kier alpha value is -3.41. The molecule has 1 amide bonds. The van der Waals surface area contributed by atoms with E-state index in [0.717, 1.165) is 16.3 Å². The largest absolute Gasteiger partial charge is 0.485 e. The number of hydrazone groups is 1. The summed E-state index contributed by atoms with van der Waals surface area (Å²) in [6, 6.07) is 15.3. The van der Waals surface area contributed by atoms with Gasteiger partial charge >= 0.3 is 0 Å². The Morgan fingerprint density at radius 3 is 2.72 bits per heavy atom. The number of rotatable bonds is 3. The van der Waals surface area contributed by atoms with Crippen LogP contribution in [0.15, 0.2) is 66.0 Å². The summed E-state index contributed by atoms with van der Waals surface area (Å²) in [4.78, 5) is 16.2. The monoisotopic (exact) mass is 333 g/mol. The summed E-state index contributed by atoms with van der Waals surface area (Å²) in [6.45, 7) is 0.138. The van der Waals surface area contributed by atoms with Gasteiger partial charge < -0.3 is 9.47 Å². The zero-order valence-electron chi connectivity index (χ0n) is 13.3. The van der Waals surface area contributed by atoms with Crippen LogP contribution < -0.4 is 14.9 Å². The summed E-state index contributed by atoms with van der Waals surface area (Å²) < 4.78 is 11.5. The maximum absolute atomic E-state index is 12.2. The van der Waals surface area contributed by atoms with Crippen molar-refractivity contribution in [3.63, 3.8) is 0 Å². The molecule has 6 nitrogen and oxygen atoms in total. The van der Waals surface area contributed by atoms with E-state index in [9.17, 15) is 4.79 Å². The second kappa shape index (κ2) is 6.60. The average molecular weight is 333 g/mol. The third kappa shape index (κ3) is 3.28. The first-order valence-electron chi connectivity index (χ1n) is 7.85. The van der Waals surface area contributed by atoms with Gasteiger partial charge in [-0.1, -0.05) is 30.3 Å². The lowest BCUT2D eigenvalue weighted by Gasteiger charge is -2.25. The van der Waals surface area contributed by atoms with Gasteiger partial charge in [0.1, 0.15) is 6.61 Å². The van der Waals surface area contributed by atoms with Gasteiger partial charge in [0.15, 0.2) is 11.5 Å². The van der Waals surface area contributed by atoms with Crippen LogP contribution in [0.3, 0.4) is 0 Å². The third-order valence-electron chi connectivity index (χ3n) is 3.84. The standard InChI is InChI=1S/C19H15N3O3/c23-19(22-21-11-13-4-3-7-20-10-13)18-12-24-16-8-14-5-1-2-6-15(14)9-17(16)25-18/h1-11,18H,12H2,(H,22,23)/b21-11-/t18-/m1/s1. The molecule has 2 heterocycles. The molecule has 0 unspecified atom stereocenters. The fourth-order valence-corrected chi connectivity index (χ4v) is 2.58. The van der Waals surface area contributed by atoms with Crippen LogP contribution in [-0.2, 0) is 4.79 Å². The van der Waals surface area contributed by atoms with Crippen molar-refractivity contribution in [1.82, 2.24) is 10.4 Å². The summed E-state index contributed by atoms with van der Waals surface area (Å²) >= 11 is 0. The highest BCUT2D eigenvalue weighted by molar-refractivity contribution is 5.87. The number of amides is 1. The van der Waals surface area contributed by atoms with E-state index < -0.39 is 6.10 Å². The summed E-state index contributed by atoms with van der Waals surface area (Å²) in [5.41, 5.74) is 3.26. The minimum Gasteiger partial charge on any atom is -0.485 e. The number of hydrogen-bond acceptors (Lipinski definition) is 5. The number of nitrogens with one attached hydrogen (secondary N) is 1. The molecule has 25 heavy (non-hydrogen) atoms. The molecule has 2 aromatic carbocycles. The zero-order valence-corrected chi connectivity index (χ0v) is 13.3. The molecule has 0 aliphatic carbocycles. The summed E-state index contributed by atoms with van der Waals surface area (Å²) in [7, 11) is 0. The number of benzene rings is 2. The van der Waals surface area contributed by atoms with Crippen molar-refractivity contribution in [3.8, 4) is 11.5 Å². The van der Waals surface area contributed by atoms with Crippen molar-refractivity contribution < 1.29 is 14.3 Å². The number of pyridine rings is 1. The first-order chi connectivity index (χ1) is 12.3. The fraction of sp³-hybridized carbons (Fsp3) is 0.105.